The van der Waals surface area contributed by atoms with Crippen molar-refractivity contribution in [2.75, 3.05) is 16.8 Å². The third-order valence-electron chi connectivity index (χ3n) is 3.03. The van der Waals surface area contributed by atoms with Crippen molar-refractivity contribution in [1.82, 2.24) is 0 Å². The Morgan fingerprint density at radius 1 is 1.17 bits per heavy atom. The Bertz CT molecular complexity index is 753. The van der Waals surface area contributed by atoms with Crippen LogP contribution in [0.25, 0.3) is 0 Å². The van der Waals surface area contributed by atoms with Gasteiger partial charge in [0.15, 0.2) is 0 Å². The van der Waals surface area contributed by atoms with E-state index in [1.165, 1.54) is 36.1 Å². The highest BCUT2D eigenvalue weighted by atomic mass is 35.5. The van der Waals surface area contributed by atoms with E-state index in [1.54, 1.807) is 18.2 Å². The van der Waals surface area contributed by atoms with Crippen molar-refractivity contribution in [3.63, 3.8) is 0 Å². The minimum Gasteiger partial charge on any atom is -0.322 e. The van der Waals surface area contributed by atoms with Gasteiger partial charge in [-0.3, -0.25) is 9.59 Å². The molecule has 4 nitrogen and oxygen atoms in total. The second-order valence-electron chi connectivity index (χ2n) is 4.73. The minimum atomic E-state index is -0.556. The van der Waals surface area contributed by atoms with Gasteiger partial charge in [-0.15, -0.1) is 0 Å². The third-order valence-corrected chi connectivity index (χ3v) is 3.57. The van der Waals surface area contributed by atoms with Crippen LogP contribution in [0.5, 0.6) is 0 Å². The normalized spacial score (nSPS) is 10.3. The minimum absolute atomic E-state index is 0.0446. The molecule has 2 rings (SSSR count). The molecule has 0 bridgehead atoms. The second kappa shape index (κ2) is 7.44. The summed E-state index contributed by atoms with van der Waals surface area (Å²) in [5.41, 5.74) is 0.399. The standard InChI is InChI=1S/C16H13Cl2FN2O2/c1-10(22)21(15-7-6-11(17)8-12(15)18)9-16(23)20-14-5-3-2-4-13(14)19/h2-8H,9H2,1H3,(H,20,23). The highest BCUT2D eigenvalue weighted by Crippen LogP contribution is 2.29. The molecule has 0 aliphatic heterocycles. The van der Waals surface area contributed by atoms with Gasteiger partial charge >= 0.3 is 0 Å². The van der Waals surface area contributed by atoms with Crippen LogP contribution in [-0.2, 0) is 9.59 Å². The molecule has 2 amide bonds. The summed E-state index contributed by atoms with van der Waals surface area (Å²) in [5.74, 6) is -1.48. The van der Waals surface area contributed by atoms with E-state index in [-0.39, 0.29) is 23.2 Å². The van der Waals surface area contributed by atoms with Crippen LogP contribution < -0.4 is 10.2 Å². The Hall–Kier alpha value is -2.11. The van der Waals surface area contributed by atoms with E-state index in [1.807, 2.05) is 0 Å². The SMILES string of the molecule is CC(=O)N(CC(=O)Nc1ccccc1F)c1ccc(Cl)cc1Cl. The van der Waals surface area contributed by atoms with Gasteiger partial charge in [0.2, 0.25) is 11.8 Å². The van der Waals surface area contributed by atoms with Crippen LogP contribution in [0.4, 0.5) is 15.8 Å². The highest BCUT2D eigenvalue weighted by Gasteiger charge is 2.19. The molecule has 0 unspecified atom stereocenters. The maximum Gasteiger partial charge on any atom is 0.244 e. The second-order valence-corrected chi connectivity index (χ2v) is 5.57. The number of anilines is 2. The fourth-order valence-electron chi connectivity index (χ4n) is 1.96. The maximum absolute atomic E-state index is 13.5. The van der Waals surface area contributed by atoms with Gasteiger partial charge in [0.1, 0.15) is 12.4 Å². The number of para-hydroxylation sites is 1. The summed E-state index contributed by atoms with van der Waals surface area (Å²) in [7, 11) is 0. The molecule has 2 aromatic carbocycles. The van der Waals surface area contributed by atoms with Gasteiger partial charge in [0.05, 0.1) is 16.4 Å². The summed E-state index contributed by atoms with van der Waals surface area (Å²) >= 11 is 11.9. The molecular formula is C16H13Cl2FN2O2. The third kappa shape index (κ3) is 4.43. The van der Waals surface area contributed by atoms with Crippen LogP contribution in [-0.4, -0.2) is 18.4 Å². The molecule has 0 atom stereocenters. The number of benzene rings is 2. The van der Waals surface area contributed by atoms with Gasteiger partial charge in [-0.1, -0.05) is 35.3 Å². The van der Waals surface area contributed by atoms with Gasteiger partial charge in [0, 0.05) is 11.9 Å². The first-order valence-corrected chi connectivity index (χ1v) is 7.41. The maximum atomic E-state index is 13.5. The molecule has 0 aliphatic carbocycles. The molecule has 120 valence electrons. The van der Waals surface area contributed by atoms with Gasteiger partial charge < -0.3 is 10.2 Å². The van der Waals surface area contributed by atoms with Crippen molar-refractivity contribution in [2.45, 2.75) is 6.92 Å². The number of nitrogens with one attached hydrogen (secondary N) is 1. The van der Waals surface area contributed by atoms with Gasteiger partial charge in [-0.2, -0.15) is 0 Å². The number of carbonyl (C=O) groups excluding carboxylic acids is 2. The van der Waals surface area contributed by atoms with Crippen molar-refractivity contribution in [1.29, 1.82) is 0 Å². The molecule has 0 fully saturated rings. The molecule has 0 saturated carbocycles. The summed E-state index contributed by atoms with van der Waals surface area (Å²) in [6, 6.07) is 10.4. The Balaban J connectivity index is 2.18. The molecule has 0 heterocycles. The van der Waals surface area contributed by atoms with Crippen LogP contribution in [0.1, 0.15) is 6.92 Å². The summed E-state index contributed by atoms with van der Waals surface area (Å²) < 4.78 is 13.5. The molecule has 7 heteroatoms. The van der Waals surface area contributed by atoms with E-state index in [0.29, 0.717) is 10.7 Å². The van der Waals surface area contributed by atoms with E-state index in [2.05, 4.69) is 5.32 Å². The lowest BCUT2D eigenvalue weighted by atomic mass is 10.2. The Labute approximate surface area is 142 Å². The van der Waals surface area contributed by atoms with E-state index in [0.717, 1.165) is 0 Å². The Morgan fingerprint density at radius 2 is 1.87 bits per heavy atom. The molecule has 0 aromatic heterocycles. The Morgan fingerprint density at radius 3 is 2.48 bits per heavy atom. The summed E-state index contributed by atoms with van der Waals surface area (Å²) in [6.07, 6.45) is 0. The number of carbonyl (C=O) groups is 2. The average molecular weight is 355 g/mol. The van der Waals surface area contributed by atoms with Gasteiger partial charge in [-0.05, 0) is 30.3 Å². The molecule has 0 radical (unpaired) electrons. The van der Waals surface area contributed by atoms with Crippen molar-refractivity contribution >= 4 is 46.4 Å². The van der Waals surface area contributed by atoms with E-state index < -0.39 is 11.7 Å². The van der Waals surface area contributed by atoms with Crippen LogP contribution in [0, 0.1) is 5.82 Å². The molecule has 0 aliphatic rings. The number of rotatable bonds is 4. The first kappa shape index (κ1) is 17.2. The zero-order chi connectivity index (χ0) is 17.0. The summed E-state index contributed by atoms with van der Waals surface area (Å²) in [6.45, 7) is 1.01. The first-order chi connectivity index (χ1) is 10.9. The number of nitrogens with zero attached hydrogens (tertiary/aromatic N) is 1. The van der Waals surface area contributed by atoms with E-state index >= 15 is 0 Å². The topological polar surface area (TPSA) is 49.4 Å². The summed E-state index contributed by atoms with van der Waals surface area (Å²) in [5, 5.41) is 3.08. The predicted octanol–water partition coefficient (Wildman–Crippen LogP) is 4.12. The fourth-order valence-corrected chi connectivity index (χ4v) is 2.47. The molecule has 0 spiro atoms. The van der Waals surface area contributed by atoms with Crippen LogP contribution in [0.15, 0.2) is 42.5 Å². The molecule has 0 saturated heterocycles. The van der Waals surface area contributed by atoms with E-state index in [4.69, 9.17) is 23.2 Å². The zero-order valence-electron chi connectivity index (χ0n) is 12.1. The number of halogens is 3. The molecule has 2 aromatic rings. The zero-order valence-corrected chi connectivity index (χ0v) is 13.7. The lowest BCUT2D eigenvalue weighted by Gasteiger charge is -2.22. The van der Waals surface area contributed by atoms with E-state index in [9.17, 15) is 14.0 Å². The summed E-state index contributed by atoms with van der Waals surface area (Å²) in [4.78, 5) is 25.1. The number of hydrogen-bond acceptors (Lipinski definition) is 2. The average Bonchev–Trinajstić information content (AvgIpc) is 2.48. The van der Waals surface area contributed by atoms with Crippen molar-refractivity contribution in [3.8, 4) is 0 Å². The largest absolute Gasteiger partial charge is 0.322 e. The Kier molecular flexibility index (Phi) is 5.58. The number of hydrogen-bond donors (Lipinski definition) is 1. The van der Waals surface area contributed by atoms with Crippen LogP contribution in [0.3, 0.4) is 0 Å². The molecule has 1 N–H and O–H groups in total. The lowest BCUT2D eigenvalue weighted by Crippen LogP contribution is -2.37. The quantitative estimate of drug-likeness (QED) is 0.897. The predicted molar refractivity (Wildman–Crippen MR) is 89.5 cm³/mol. The fraction of sp³-hybridized carbons (Fsp3) is 0.125. The van der Waals surface area contributed by atoms with Crippen LogP contribution in [0.2, 0.25) is 10.0 Å². The van der Waals surface area contributed by atoms with Crippen molar-refractivity contribution in [3.05, 3.63) is 58.3 Å². The molecular weight excluding hydrogens is 342 g/mol. The van der Waals surface area contributed by atoms with Crippen molar-refractivity contribution < 1.29 is 14.0 Å². The van der Waals surface area contributed by atoms with Gasteiger partial charge in [-0.25, -0.2) is 4.39 Å². The molecule has 23 heavy (non-hydrogen) atoms. The lowest BCUT2D eigenvalue weighted by molar-refractivity contribution is -0.120. The van der Waals surface area contributed by atoms with Crippen molar-refractivity contribution in [2.24, 2.45) is 0 Å². The smallest absolute Gasteiger partial charge is 0.244 e. The van der Waals surface area contributed by atoms with Crippen LogP contribution >= 0.6 is 23.2 Å². The van der Waals surface area contributed by atoms with Gasteiger partial charge in [0.25, 0.3) is 0 Å². The first-order valence-electron chi connectivity index (χ1n) is 6.66. The number of amides is 2. The highest BCUT2D eigenvalue weighted by molar-refractivity contribution is 6.36. The monoisotopic (exact) mass is 354 g/mol.